The van der Waals surface area contributed by atoms with E-state index < -0.39 is 9.84 Å². The van der Waals surface area contributed by atoms with Crippen molar-refractivity contribution in [1.29, 1.82) is 0 Å². The van der Waals surface area contributed by atoms with Crippen LogP contribution >= 0.6 is 0 Å². The van der Waals surface area contributed by atoms with Crippen molar-refractivity contribution < 1.29 is 13.2 Å². The van der Waals surface area contributed by atoms with E-state index in [1.165, 1.54) is 0 Å². The van der Waals surface area contributed by atoms with E-state index in [9.17, 15) is 8.42 Å². The maximum absolute atomic E-state index is 11.7. The quantitative estimate of drug-likeness (QED) is 0.821. The molecule has 0 aliphatic carbocycles. The minimum Gasteiger partial charge on any atom is -0.497 e. The molecule has 0 spiro atoms. The van der Waals surface area contributed by atoms with Crippen molar-refractivity contribution in [2.45, 2.75) is 19.9 Å². The van der Waals surface area contributed by atoms with Crippen molar-refractivity contribution in [3.63, 3.8) is 0 Å². The summed E-state index contributed by atoms with van der Waals surface area (Å²) >= 11 is 0. The summed E-state index contributed by atoms with van der Waals surface area (Å²) in [6, 6.07) is 7.33. The first-order valence-corrected chi connectivity index (χ1v) is 7.92. The van der Waals surface area contributed by atoms with E-state index in [0.717, 1.165) is 17.9 Å². The Labute approximate surface area is 109 Å². The smallest absolute Gasteiger partial charge is 0.151 e. The van der Waals surface area contributed by atoms with Gasteiger partial charge in [-0.05, 0) is 24.2 Å². The molecule has 1 aromatic carbocycles. The van der Waals surface area contributed by atoms with Gasteiger partial charge in [-0.2, -0.15) is 0 Å². The monoisotopic (exact) mass is 271 g/mol. The summed E-state index contributed by atoms with van der Waals surface area (Å²) in [5, 5.41) is 3.21. The Bertz CT molecular complexity index is 471. The highest BCUT2D eigenvalue weighted by Gasteiger charge is 2.18. The van der Waals surface area contributed by atoms with Gasteiger partial charge >= 0.3 is 0 Å². The maximum Gasteiger partial charge on any atom is 0.151 e. The van der Waals surface area contributed by atoms with Gasteiger partial charge < -0.3 is 10.1 Å². The molecule has 18 heavy (non-hydrogen) atoms. The minimum atomic E-state index is -3.01. The highest BCUT2D eigenvalue weighted by Crippen LogP contribution is 2.20. The molecule has 0 heterocycles. The van der Waals surface area contributed by atoms with Crippen molar-refractivity contribution in [2.75, 3.05) is 25.2 Å². The van der Waals surface area contributed by atoms with Crippen LogP contribution in [0.2, 0.25) is 0 Å². The molecule has 5 heteroatoms. The second-order valence-corrected chi connectivity index (χ2v) is 6.48. The van der Waals surface area contributed by atoms with Crippen molar-refractivity contribution >= 4 is 9.84 Å². The summed E-state index contributed by atoms with van der Waals surface area (Å²) in [5.74, 6) is 1.02. The van der Waals surface area contributed by atoms with Crippen LogP contribution < -0.4 is 10.1 Å². The van der Waals surface area contributed by atoms with Crippen LogP contribution in [0.5, 0.6) is 5.75 Å². The number of hydrogen-bond donors (Lipinski definition) is 1. The molecule has 0 saturated heterocycles. The molecule has 0 radical (unpaired) electrons. The number of methoxy groups -OCH3 is 1. The molecule has 1 N–H and O–H groups in total. The molecule has 0 amide bonds. The number of sulfone groups is 1. The van der Waals surface area contributed by atoms with Crippen LogP contribution in [0.3, 0.4) is 0 Å². The van der Waals surface area contributed by atoms with Gasteiger partial charge in [-0.15, -0.1) is 0 Å². The Morgan fingerprint density at radius 2 is 2.06 bits per heavy atom. The lowest BCUT2D eigenvalue weighted by atomic mass is 10.1. The predicted octanol–water partition coefficient (Wildman–Crippen LogP) is 1.78. The molecule has 0 aliphatic heterocycles. The van der Waals surface area contributed by atoms with Crippen molar-refractivity contribution in [3.8, 4) is 5.75 Å². The van der Waals surface area contributed by atoms with Gasteiger partial charge in [0.25, 0.3) is 0 Å². The molecule has 1 aromatic rings. The SMILES string of the molecule is CCNC(CS(=O)(=O)CC)c1cccc(OC)c1. The van der Waals surface area contributed by atoms with Crippen LogP contribution in [0.1, 0.15) is 25.5 Å². The van der Waals surface area contributed by atoms with Crippen molar-refractivity contribution in [1.82, 2.24) is 5.32 Å². The van der Waals surface area contributed by atoms with Crippen LogP contribution in [0.25, 0.3) is 0 Å². The van der Waals surface area contributed by atoms with E-state index in [-0.39, 0.29) is 17.5 Å². The zero-order chi connectivity index (χ0) is 13.6. The Balaban J connectivity index is 2.96. The minimum absolute atomic E-state index is 0.116. The van der Waals surface area contributed by atoms with E-state index in [0.29, 0.717) is 0 Å². The van der Waals surface area contributed by atoms with Gasteiger partial charge in [-0.1, -0.05) is 26.0 Å². The molecular formula is C13H21NO3S. The van der Waals surface area contributed by atoms with Gasteiger partial charge in [-0.3, -0.25) is 0 Å². The van der Waals surface area contributed by atoms with Gasteiger partial charge in [-0.25, -0.2) is 8.42 Å². The fourth-order valence-corrected chi connectivity index (χ4v) is 2.80. The predicted molar refractivity (Wildman–Crippen MR) is 73.7 cm³/mol. The number of rotatable bonds is 7. The normalized spacial score (nSPS) is 13.3. The lowest BCUT2D eigenvalue weighted by molar-refractivity contribution is 0.413. The Hall–Kier alpha value is -1.07. The average molecular weight is 271 g/mol. The van der Waals surface area contributed by atoms with Gasteiger partial charge in [0.15, 0.2) is 9.84 Å². The van der Waals surface area contributed by atoms with Gasteiger partial charge in [0.2, 0.25) is 0 Å². The molecule has 102 valence electrons. The van der Waals surface area contributed by atoms with Crippen molar-refractivity contribution in [3.05, 3.63) is 29.8 Å². The van der Waals surface area contributed by atoms with Crippen LogP contribution in [0, 0.1) is 0 Å². The molecule has 0 aliphatic rings. The molecule has 0 bridgehead atoms. The zero-order valence-electron chi connectivity index (χ0n) is 11.1. The summed E-state index contributed by atoms with van der Waals surface area (Å²) < 4.78 is 28.6. The standard InChI is InChI=1S/C13H21NO3S/c1-4-14-13(10-18(15,16)5-2)11-7-6-8-12(9-11)17-3/h6-9,13-14H,4-5,10H2,1-3H3. The summed E-state index contributed by atoms with van der Waals surface area (Å²) in [6.45, 7) is 4.36. The first kappa shape index (κ1) is 15.0. The molecular weight excluding hydrogens is 250 g/mol. The second-order valence-electron chi connectivity index (χ2n) is 4.09. The highest BCUT2D eigenvalue weighted by atomic mass is 32.2. The van der Waals surface area contributed by atoms with E-state index in [1.807, 2.05) is 31.2 Å². The van der Waals surface area contributed by atoms with Crippen LogP contribution in [-0.2, 0) is 9.84 Å². The Morgan fingerprint density at radius 3 is 2.61 bits per heavy atom. The zero-order valence-corrected chi connectivity index (χ0v) is 12.0. The lowest BCUT2D eigenvalue weighted by Gasteiger charge is -2.18. The van der Waals surface area contributed by atoms with Crippen LogP contribution in [0.4, 0.5) is 0 Å². The van der Waals surface area contributed by atoms with Gasteiger partial charge in [0.05, 0.1) is 12.9 Å². The fraction of sp³-hybridized carbons (Fsp3) is 0.538. The fourth-order valence-electron chi connectivity index (χ4n) is 1.75. The lowest BCUT2D eigenvalue weighted by Crippen LogP contribution is -2.28. The molecule has 1 rings (SSSR count). The number of ether oxygens (including phenoxy) is 1. The molecule has 0 fully saturated rings. The van der Waals surface area contributed by atoms with E-state index >= 15 is 0 Å². The molecule has 4 nitrogen and oxygen atoms in total. The number of hydrogen-bond acceptors (Lipinski definition) is 4. The Morgan fingerprint density at radius 1 is 1.33 bits per heavy atom. The number of nitrogens with one attached hydrogen (secondary N) is 1. The van der Waals surface area contributed by atoms with E-state index in [4.69, 9.17) is 4.74 Å². The molecule has 0 saturated carbocycles. The third-order valence-electron chi connectivity index (χ3n) is 2.81. The van der Waals surface area contributed by atoms with E-state index in [1.54, 1.807) is 14.0 Å². The third kappa shape index (κ3) is 4.31. The summed E-state index contributed by atoms with van der Waals surface area (Å²) in [4.78, 5) is 0. The van der Waals surface area contributed by atoms with E-state index in [2.05, 4.69) is 5.32 Å². The van der Waals surface area contributed by atoms with Crippen molar-refractivity contribution in [2.24, 2.45) is 0 Å². The topological polar surface area (TPSA) is 55.4 Å². The maximum atomic E-state index is 11.7. The van der Waals surface area contributed by atoms with Crippen LogP contribution in [0.15, 0.2) is 24.3 Å². The molecule has 1 atom stereocenters. The highest BCUT2D eigenvalue weighted by molar-refractivity contribution is 7.91. The number of benzene rings is 1. The largest absolute Gasteiger partial charge is 0.497 e. The summed E-state index contributed by atoms with van der Waals surface area (Å²) in [6.07, 6.45) is 0. The third-order valence-corrected chi connectivity index (χ3v) is 4.53. The summed E-state index contributed by atoms with van der Waals surface area (Å²) in [7, 11) is -1.41. The average Bonchev–Trinajstić information content (AvgIpc) is 2.38. The summed E-state index contributed by atoms with van der Waals surface area (Å²) in [5.41, 5.74) is 0.938. The first-order chi connectivity index (χ1) is 8.52. The Kier molecular flexibility index (Phi) is 5.62. The van der Waals surface area contributed by atoms with Gasteiger partial charge in [0.1, 0.15) is 5.75 Å². The molecule has 0 aromatic heterocycles. The van der Waals surface area contributed by atoms with Crippen LogP contribution in [-0.4, -0.2) is 33.6 Å². The second kappa shape index (κ2) is 6.75. The van der Waals surface area contributed by atoms with Gasteiger partial charge in [0, 0.05) is 11.8 Å². The first-order valence-electron chi connectivity index (χ1n) is 6.10. The molecule has 1 unspecified atom stereocenters.